The maximum atomic E-state index is 11.9. The predicted octanol–water partition coefficient (Wildman–Crippen LogP) is 2.66. The highest BCUT2D eigenvalue weighted by molar-refractivity contribution is 5.81. The molecule has 1 heterocycles. The molecule has 0 aromatic heterocycles. The normalized spacial score (nSPS) is 20.7. The molecule has 0 radical (unpaired) electrons. The minimum absolute atomic E-state index is 0.0122. The van der Waals surface area contributed by atoms with E-state index < -0.39 is 0 Å². The molecule has 1 aliphatic rings. The van der Waals surface area contributed by atoms with Crippen LogP contribution < -0.4 is 5.32 Å². The average Bonchev–Trinajstić information content (AvgIpc) is 2.86. The first-order chi connectivity index (χ1) is 8.58. The number of nitrogens with one attached hydrogen (secondary N) is 1. The van der Waals surface area contributed by atoms with Gasteiger partial charge < -0.3 is 10.1 Å². The van der Waals surface area contributed by atoms with Crippen LogP contribution in [0, 0.1) is 13.8 Å². The lowest BCUT2D eigenvalue weighted by molar-refractivity contribution is -0.130. The molecule has 0 spiro atoms. The van der Waals surface area contributed by atoms with E-state index in [2.05, 4.69) is 37.4 Å². The van der Waals surface area contributed by atoms with E-state index in [-0.39, 0.29) is 18.1 Å². The zero-order chi connectivity index (χ0) is 13.1. The van der Waals surface area contributed by atoms with Gasteiger partial charge in [0, 0.05) is 6.61 Å². The van der Waals surface area contributed by atoms with Gasteiger partial charge in [0.2, 0.25) is 5.91 Å². The molecule has 1 N–H and O–H groups in total. The van der Waals surface area contributed by atoms with Crippen molar-refractivity contribution >= 4 is 5.91 Å². The number of amides is 1. The fourth-order valence-corrected chi connectivity index (χ4v) is 2.21. The summed E-state index contributed by atoms with van der Waals surface area (Å²) in [4.78, 5) is 11.9. The van der Waals surface area contributed by atoms with Gasteiger partial charge in [-0.1, -0.05) is 18.2 Å². The molecular weight excluding hydrogens is 226 g/mol. The van der Waals surface area contributed by atoms with Crippen LogP contribution in [0.1, 0.15) is 42.5 Å². The molecule has 0 saturated carbocycles. The van der Waals surface area contributed by atoms with Gasteiger partial charge in [-0.15, -0.1) is 0 Å². The molecular formula is C15H21NO2. The molecule has 1 aromatic carbocycles. The fourth-order valence-electron chi connectivity index (χ4n) is 2.21. The first-order valence-corrected chi connectivity index (χ1v) is 6.57. The van der Waals surface area contributed by atoms with Crippen molar-refractivity contribution in [2.45, 2.75) is 45.8 Å². The van der Waals surface area contributed by atoms with E-state index in [4.69, 9.17) is 4.74 Å². The largest absolute Gasteiger partial charge is 0.368 e. The highest BCUT2D eigenvalue weighted by Crippen LogP contribution is 2.18. The molecule has 0 bridgehead atoms. The summed E-state index contributed by atoms with van der Waals surface area (Å²) in [6.45, 7) is 6.90. The van der Waals surface area contributed by atoms with Crippen molar-refractivity contribution in [3.63, 3.8) is 0 Å². The first kappa shape index (κ1) is 13.1. The van der Waals surface area contributed by atoms with Crippen molar-refractivity contribution in [3.05, 3.63) is 34.9 Å². The maximum absolute atomic E-state index is 11.9. The molecule has 0 unspecified atom stereocenters. The number of hydrogen-bond donors (Lipinski definition) is 1. The Balaban J connectivity index is 2.00. The molecule has 3 nitrogen and oxygen atoms in total. The Morgan fingerprint density at radius 2 is 2.17 bits per heavy atom. The highest BCUT2D eigenvalue weighted by atomic mass is 16.5. The number of benzene rings is 1. The van der Waals surface area contributed by atoms with Crippen LogP contribution in [-0.4, -0.2) is 18.6 Å². The molecule has 3 heteroatoms. The van der Waals surface area contributed by atoms with E-state index in [0.29, 0.717) is 6.61 Å². The third-order valence-electron chi connectivity index (χ3n) is 3.61. The smallest absolute Gasteiger partial charge is 0.249 e. The molecule has 2 rings (SSSR count). The van der Waals surface area contributed by atoms with Gasteiger partial charge in [-0.05, 0) is 50.3 Å². The lowest BCUT2D eigenvalue weighted by atomic mass is 10.0. The SMILES string of the molecule is Cc1ccc([C@@H](C)NC(=O)[C@@H]2CCCO2)cc1C. The van der Waals surface area contributed by atoms with Crippen molar-refractivity contribution in [3.8, 4) is 0 Å². The summed E-state index contributed by atoms with van der Waals surface area (Å²) in [5, 5.41) is 3.02. The Kier molecular flexibility index (Phi) is 4.02. The summed E-state index contributed by atoms with van der Waals surface area (Å²) in [5.74, 6) is 0.0122. The summed E-state index contributed by atoms with van der Waals surface area (Å²) < 4.78 is 5.38. The molecule has 1 saturated heterocycles. The second-order valence-electron chi connectivity index (χ2n) is 5.08. The minimum Gasteiger partial charge on any atom is -0.368 e. The van der Waals surface area contributed by atoms with Crippen molar-refractivity contribution < 1.29 is 9.53 Å². The molecule has 1 fully saturated rings. The van der Waals surface area contributed by atoms with Gasteiger partial charge in [0.05, 0.1) is 6.04 Å². The lowest BCUT2D eigenvalue weighted by Crippen LogP contribution is -2.35. The van der Waals surface area contributed by atoms with Crippen LogP contribution in [0.3, 0.4) is 0 Å². The number of ether oxygens (including phenoxy) is 1. The summed E-state index contributed by atoms with van der Waals surface area (Å²) in [7, 11) is 0. The van der Waals surface area contributed by atoms with Crippen molar-refractivity contribution in [2.75, 3.05) is 6.61 Å². The average molecular weight is 247 g/mol. The van der Waals surface area contributed by atoms with Crippen molar-refractivity contribution in [1.82, 2.24) is 5.32 Å². The van der Waals surface area contributed by atoms with Gasteiger partial charge in [-0.2, -0.15) is 0 Å². The molecule has 18 heavy (non-hydrogen) atoms. The summed E-state index contributed by atoms with van der Waals surface area (Å²) in [5.41, 5.74) is 3.67. The van der Waals surface area contributed by atoms with E-state index in [9.17, 15) is 4.79 Å². The summed E-state index contributed by atoms with van der Waals surface area (Å²) in [6, 6.07) is 6.33. The zero-order valence-electron chi connectivity index (χ0n) is 11.3. The van der Waals surface area contributed by atoms with E-state index in [1.165, 1.54) is 11.1 Å². The van der Waals surface area contributed by atoms with Crippen molar-refractivity contribution in [2.24, 2.45) is 0 Å². The third kappa shape index (κ3) is 2.91. The van der Waals surface area contributed by atoms with Crippen LogP contribution >= 0.6 is 0 Å². The number of aryl methyl sites for hydroxylation is 2. The number of carbonyl (C=O) groups is 1. The predicted molar refractivity (Wildman–Crippen MR) is 71.4 cm³/mol. The molecule has 98 valence electrons. The Bertz CT molecular complexity index is 436. The molecule has 1 aliphatic heterocycles. The minimum atomic E-state index is -0.251. The molecule has 1 amide bonds. The molecule has 2 atom stereocenters. The van der Waals surface area contributed by atoms with Crippen LogP contribution in [0.15, 0.2) is 18.2 Å². The third-order valence-corrected chi connectivity index (χ3v) is 3.61. The second-order valence-corrected chi connectivity index (χ2v) is 5.08. The van der Waals surface area contributed by atoms with E-state index in [0.717, 1.165) is 18.4 Å². The van der Waals surface area contributed by atoms with Crippen LogP contribution in [-0.2, 0) is 9.53 Å². The lowest BCUT2D eigenvalue weighted by Gasteiger charge is -2.18. The summed E-state index contributed by atoms with van der Waals surface area (Å²) in [6.07, 6.45) is 1.57. The van der Waals surface area contributed by atoms with Crippen LogP contribution in [0.4, 0.5) is 0 Å². The highest BCUT2D eigenvalue weighted by Gasteiger charge is 2.24. The molecule has 0 aliphatic carbocycles. The standard InChI is InChI=1S/C15H21NO2/c1-10-6-7-13(9-11(10)2)12(3)16-15(17)14-5-4-8-18-14/h6-7,9,12,14H,4-5,8H2,1-3H3,(H,16,17)/t12-,14+/m1/s1. The van der Waals surface area contributed by atoms with Gasteiger partial charge >= 0.3 is 0 Å². The van der Waals surface area contributed by atoms with Gasteiger partial charge in [-0.25, -0.2) is 0 Å². The number of carbonyl (C=O) groups excluding carboxylic acids is 1. The van der Waals surface area contributed by atoms with Gasteiger partial charge in [-0.3, -0.25) is 4.79 Å². The Hall–Kier alpha value is -1.35. The molecule has 1 aromatic rings. The van der Waals surface area contributed by atoms with E-state index >= 15 is 0 Å². The van der Waals surface area contributed by atoms with E-state index in [1.807, 2.05) is 6.92 Å². The van der Waals surface area contributed by atoms with Gasteiger partial charge in [0.15, 0.2) is 0 Å². The monoisotopic (exact) mass is 247 g/mol. The second kappa shape index (κ2) is 5.53. The van der Waals surface area contributed by atoms with Crippen LogP contribution in [0.25, 0.3) is 0 Å². The first-order valence-electron chi connectivity index (χ1n) is 6.57. The Labute approximate surface area is 109 Å². The zero-order valence-corrected chi connectivity index (χ0v) is 11.3. The topological polar surface area (TPSA) is 38.3 Å². The quantitative estimate of drug-likeness (QED) is 0.891. The van der Waals surface area contributed by atoms with Crippen molar-refractivity contribution in [1.29, 1.82) is 0 Å². The maximum Gasteiger partial charge on any atom is 0.249 e. The number of hydrogen-bond acceptors (Lipinski definition) is 2. The number of rotatable bonds is 3. The van der Waals surface area contributed by atoms with E-state index in [1.54, 1.807) is 0 Å². The van der Waals surface area contributed by atoms with Gasteiger partial charge in [0.1, 0.15) is 6.10 Å². The van der Waals surface area contributed by atoms with Crippen LogP contribution in [0.2, 0.25) is 0 Å². The summed E-state index contributed by atoms with van der Waals surface area (Å²) >= 11 is 0. The fraction of sp³-hybridized carbons (Fsp3) is 0.533. The Morgan fingerprint density at radius 1 is 1.39 bits per heavy atom. The van der Waals surface area contributed by atoms with Crippen LogP contribution in [0.5, 0.6) is 0 Å². The van der Waals surface area contributed by atoms with Gasteiger partial charge in [0.25, 0.3) is 0 Å². The Morgan fingerprint density at radius 3 is 2.78 bits per heavy atom.